The third-order valence-electron chi connectivity index (χ3n) is 3.56. The number of carbonyl (C=O) groups is 1. The van der Waals surface area contributed by atoms with E-state index in [0.29, 0.717) is 28.5 Å². The predicted molar refractivity (Wildman–Crippen MR) is 84.0 cm³/mol. The zero-order chi connectivity index (χ0) is 16.8. The smallest absolute Gasteiger partial charge is 0.265 e. The summed E-state index contributed by atoms with van der Waals surface area (Å²) in [5.41, 5.74) is 1.91. The molecule has 122 valence electrons. The van der Waals surface area contributed by atoms with Crippen molar-refractivity contribution in [3.05, 3.63) is 29.6 Å². The minimum Gasteiger partial charge on any atom is -0.479 e. The van der Waals surface area contributed by atoms with E-state index >= 15 is 0 Å². The van der Waals surface area contributed by atoms with E-state index in [-0.39, 0.29) is 10.8 Å². The third kappa shape index (κ3) is 2.74. The summed E-state index contributed by atoms with van der Waals surface area (Å²) in [6, 6.07) is 4.32. The van der Waals surface area contributed by atoms with E-state index in [1.165, 1.54) is 18.2 Å². The van der Waals surface area contributed by atoms with E-state index in [1.54, 1.807) is 20.8 Å². The van der Waals surface area contributed by atoms with Crippen molar-refractivity contribution in [2.24, 2.45) is 0 Å². The van der Waals surface area contributed by atoms with Crippen LogP contribution in [0.15, 0.2) is 23.1 Å². The van der Waals surface area contributed by atoms with Crippen LogP contribution in [0.2, 0.25) is 0 Å². The van der Waals surface area contributed by atoms with E-state index in [4.69, 9.17) is 4.74 Å². The molecule has 0 saturated heterocycles. The SMILES string of the molecule is Cc1n[nH]c(C)c1NS(=O)(=O)c1ccc2c(c1)NC(=O)[C@H](C)O2. The molecule has 0 radical (unpaired) electrons. The van der Waals surface area contributed by atoms with Gasteiger partial charge in [-0.05, 0) is 39.0 Å². The van der Waals surface area contributed by atoms with Gasteiger partial charge in [-0.2, -0.15) is 5.10 Å². The van der Waals surface area contributed by atoms with Crippen LogP contribution in [0.4, 0.5) is 11.4 Å². The number of aryl methyl sites for hydroxylation is 2. The molecule has 8 nitrogen and oxygen atoms in total. The number of nitrogens with zero attached hydrogens (tertiary/aromatic N) is 1. The second-order valence-electron chi connectivity index (χ2n) is 5.32. The summed E-state index contributed by atoms with van der Waals surface area (Å²) in [4.78, 5) is 11.7. The number of H-pyrrole nitrogens is 1. The Labute approximate surface area is 133 Å². The van der Waals surface area contributed by atoms with Crippen LogP contribution in [0.5, 0.6) is 5.75 Å². The van der Waals surface area contributed by atoms with E-state index in [1.807, 2.05) is 0 Å². The largest absolute Gasteiger partial charge is 0.479 e. The first-order valence-electron chi connectivity index (χ1n) is 6.94. The van der Waals surface area contributed by atoms with Gasteiger partial charge in [0.25, 0.3) is 15.9 Å². The number of aromatic amines is 1. The highest BCUT2D eigenvalue weighted by Crippen LogP contribution is 2.32. The van der Waals surface area contributed by atoms with Crippen molar-refractivity contribution >= 4 is 27.3 Å². The van der Waals surface area contributed by atoms with Crippen molar-refractivity contribution in [1.29, 1.82) is 0 Å². The summed E-state index contributed by atoms with van der Waals surface area (Å²) in [6.45, 7) is 5.04. The van der Waals surface area contributed by atoms with Gasteiger partial charge in [-0.15, -0.1) is 0 Å². The zero-order valence-corrected chi connectivity index (χ0v) is 13.6. The van der Waals surface area contributed by atoms with Gasteiger partial charge in [0.1, 0.15) is 5.75 Å². The number of hydrogen-bond acceptors (Lipinski definition) is 5. The molecule has 1 amide bonds. The van der Waals surface area contributed by atoms with Crippen LogP contribution in [0, 0.1) is 13.8 Å². The normalized spacial score (nSPS) is 17.2. The molecule has 3 rings (SSSR count). The number of nitrogens with one attached hydrogen (secondary N) is 3. The molecule has 2 aromatic rings. The van der Waals surface area contributed by atoms with Gasteiger partial charge in [-0.3, -0.25) is 14.6 Å². The Morgan fingerprint density at radius 2 is 2.04 bits per heavy atom. The fraction of sp³-hybridized carbons (Fsp3) is 0.286. The van der Waals surface area contributed by atoms with Gasteiger partial charge >= 0.3 is 0 Å². The van der Waals surface area contributed by atoms with Crippen molar-refractivity contribution in [2.45, 2.75) is 31.8 Å². The molecule has 2 heterocycles. The molecule has 0 bridgehead atoms. The molecule has 0 spiro atoms. The summed E-state index contributed by atoms with van der Waals surface area (Å²) in [5, 5.41) is 9.30. The van der Waals surface area contributed by atoms with Crippen molar-refractivity contribution in [3.8, 4) is 5.75 Å². The Balaban J connectivity index is 1.95. The van der Waals surface area contributed by atoms with Crippen LogP contribution >= 0.6 is 0 Å². The van der Waals surface area contributed by atoms with E-state index < -0.39 is 16.1 Å². The number of anilines is 2. The van der Waals surface area contributed by atoms with Gasteiger partial charge < -0.3 is 10.1 Å². The number of amides is 1. The topological polar surface area (TPSA) is 113 Å². The first kappa shape index (κ1) is 15.3. The van der Waals surface area contributed by atoms with Gasteiger partial charge in [0.15, 0.2) is 6.10 Å². The third-order valence-corrected chi connectivity index (χ3v) is 4.90. The lowest BCUT2D eigenvalue weighted by Gasteiger charge is -2.23. The van der Waals surface area contributed by atoms with E-state index in [2.05, 4.69) is 20.2 Å². The molecule has 1 aliphatic heterocycles. The lowest BCUT2D eigenvalue weighted by atomic mass is 10.2. The van der Waals surface area contributed by atoms with Crippen LogP contribution in [0.1, 0.15) is 18.3 Å². The van der Waals surface area contributed by atoms with Crippen molar-refractivity contribution < 1.29 is 17.9 Å². The lowest BCUT2D eigenvalue weighted by Crippen LogP contribution is -2.34. The minimum absolute atomic E-state index is 0.0229. The average Bonchev–Trinajstić information content (AvgIpc) is 2.79. The molecule has 9 heteroatoms. The highest BCUT2D eigenvalue weighted by Gasteiger charge is 2.26. The second kappa shape index (κ2) is 5.27. The summed E-state index contributed by atoms with van der Waals surface area (Å²) >= 11 is 0. The predicted octanol–water partition coefficient (Wildman–Crippen LogP) is 1.55. The Morgan fingerprint density at radius 3 is 2.70 bits per heavy atom. The maximum atomic E-state index is 12.5. The van der Waals surface area contributed by atoms with E-state index in [9.17, 15) is 13.2 Å². The second-order valence-corrected chi connectivity index (χ2v) is 7.00. The van der Waals surface area contributed by atoms with Crippen LogP contribution in [0.25, 0.3) is 0 Å². The summed E-state index contributed by atoms with van der Waals surface area (Å²) in [7, 11) is -3.81. The fourth-order valence-electron chi connectivity index (χ4n) is 2.25. The summed E-state index contributed by atoms with van der Waals surface area (Å²) < 4.78 is 33.0. The Hall–Kier alpha value is -2.55. The molecule has 0 aliphatic carbocycles. The summed E-state index contributed by atoms with van der Waals surface area (Å²) in [6.07, 6.45) is -0.612. The van der Waals surface area contributed by atoms with Gasteiger partial charge in [-0.1, -0.05) is 0 Å². The molecule has 0 saturated carbocycles. The first-order chi connectivity index (χ1) is 10.8. The van der Waals surface area contributed by atoms with Gasteiger partial charge in [0.05, 0.1) is 27.7 Å². The molecule has 1 atom stereocenters. The number of benzene rings is 1. The minimum atomic E-state index is -3.81. The molecule has 3 N–H and O–H groups in total. The van der Waals surface area contributed by atoms with Crippen molar-refractivity contribution in [3.63, 3.8) is 0 Å². The number of fused-ring (bicyclic) bond motifs is 1. The number of aromatic nitrogens is 2. The molecular weight excluding hydrogens is 320 g/mol. The zero-order valence-electron chi connectivity index (χ0n) is 12.8. The molecule has 1 aliphatic rings. The van der Waals surface area contributed by atoms with Crippen LogP contribution in [0.3, 0.4) is 0 Å². The van der Waals surface area contributed by atoms with Crippen LogP contribution in [-0.4, -0.2) is 30.6 Å². The number of carbonyl (C=O) groups excluding carboxylic acids is 1. The lowest BCUT2D eigenvalue weighted by molar-refractivity contribution is -0.122. The average molecular weight is 336 g/mol. The Kier molecular flexibility index (Phi) is 3.52. The number of ether oxygens (including phenoxy) is 1. The van der Waals surface area contributed by atoms with Gasteiger partial charge in [0.2, 0.25) is 0 Å². The van der Waals surface area contributed by atoms with Crippen molar-refractivity contribution in [1.82, 2.24) is 10.2 Å². The maximum Gasteiger partial charge on any atom is 0.265 e. The van der Waals surface area contributed by atoms with Crippen molar-refractivity contribution in [2.75, 3.05) is 10.0 Å². The number of hydrogen-bond donors (Lipinski definition) is 3. The molecule has 1 aromatic carbocycles. The fourth-order valence-corrected chi connectivity index (χ4v) is 3.46. The maximum absolute atomic E-state index is 12.5. The first-order valence-corrected chi connectivity index (χ1v) is 8.42. The van der Waals surface area contributed by atoms with Crippen LogP contribution < -0.4 is 14.8 Å². The summed E-state index contributed by atoms with van der Waals surface area (Å²) in [5.74, 6) is 0.119. The van der Waals surface area contributed by atoms with Gasteiger partial charge in [-0.25, -0.2) is 8.42 Å². The highest BCUT2D eigenvalue weighted by molar-refractivity contribution is 7.92. The molecule has 1 aromatic heterocycles. The Morgan fingerprint density at radius 1 is 1.30 bits per heavy atom. The monoisotopic (exact) mass is 336 g/mol. The quantitative estimate of drug-likeness (QED) is 0.787. The molecule has 0 fully saturated rings. The molecular formula is C14H16N4O4S. The number of sulfonamides is 1. The number of rotatable bonds is 3. The standard InChI is InChI=1S/C14H16N4O4S/c1-7-13(8(2)17-16-7)18-23(20,21)10-4-5-12-11(6-10)15-14(19)9(3)22-12/h4-6,9,18H,1-3H3,(H,15,19)(H,16,17)/t9-/m0/s1. The highest BCUT2D eigenvalue weighted by atomic mass is 32.2. The molecule has 23 heavy (non-hydrogen) atoms. The Bertz CT molecular complexity index is 869. The van der Waals surface area contributed by atoms with Gasteiger partial charge in [0, 0.05) is 0 Å². The molecule has 0 unspecified atom stereocenters. The van der Waals surface area contributed by atoms with Crippen LogP contribution in [-0.2, 0) is 14.8 Å². The van der Waals surface area contributed by atoms with E-state index in [0.717, 1.165) is 0 Å².